The second-order valence-corrected chi connectivity index (χ2v) is 7.03. The van der Waals surface area contributed by atoms with E-state index in [4.69, 9.17) is 16.3 Å². The van der Waals surface area contributed by atoms with Crippen LogP contribution in [-0.2, 0) is 14.3 Å². The summed E-state index contributed by atoms with van der Waals surface area (Å²) in [6.45, 7) is 1.36. The Labute approximate surface area is 171 Å². The molecule has 0 spiro atoms. The fourth-order valence-corrected chi connectivity index (χ4v) is 3.29. The van der Waals surface area contributed by atoms with Gasteiger partial charge >= 0.3 is 5.97 Å². The Morgan fingerprint density at radius 3 is 2.72 bits per heavy atom. The Morgan fingerprint density at radius 1 is 1.28 bits per heavy atom. The molecule has 9 heteroatoms. The third kappa shape index (κ3) is 4.43. The van der Waals surface area contributed by atoms with Gasteiger partial charge in [0.15, 0.2) is 6.61 Å². The predicted octanol–water partition coefficient (Wildman–Crippen LogP) is 3.34. The lowest BCUT2D eigenvalue weighted by Crippen LogP contribution is -2.27. The van der Waals surface area contributed by atoms with Gasteiger partial charge in [-0.25, -0.2) is 0 Å². The van der Waals surface area contributed by atoms with Crippen molar-refractivity contribution in [3.8, 4) is 0 Å². The predicted molar refractivity (Wildman–Crippen MR) is 105 cm³/mol. The van der Waals surface area contributed by atoms with Crippen LogP contribution in [0.2, 0.25) is 5.02 Å². The number of hydrogen-bond donors (Lipinski definition) is 0. The van der Waals surface area contributed by atoms with Crippen molar-refractivity contribution in [2.45, 2.75) is 13.3 Å². The van der Waals surface area contributed by atoms with Crippen molar-refractivity contribution < 1.29 is 24.0 Å². The normalized spacial score (nSPS) is 16.0. The summed E-state index contributed by atoms with van der Waals surface area (Å²) in [5.41, 5.74) is 1.21. The standard InChI is InChI=1S/C20H17ClN2O6/c1-12-16(21)6-3-7-17(12)22-10-14(9-19(22)25)20(26)29-11-18(24)13-4-2-5-15(8-13)23(27)28/h2-8,14H,9-11H2,1H3/t14-/m1/s1. The molecule has 0 bridgehead atoms. The molecule has 29 heavy (non-hydrogen) atoms. The van der Waals surface area contributed by atoms with Crippen LogP contribution in [0.3, 0.4) is 0 Å². The number of anilines is 1. The van der Waals surface area contributed by atoms with Crippen molar-refractivity contribution in [1.82, 2.24) is 0 Å². The van der Waals surface area contributed by atoms with Crippen LogP contribution in [0.5, 0.6) is 0 Å². The summed E-state index contributed by atoms with van der Waals surface area (Å²) in [6, 6.07) is 10.4. The summed E-state index contributed by atoms with van der Waals surface area (Å²) < 4.78 is 5.07. The van der Waals surface area contributed by atoms with Crippen molar-refractivity contribution in [2.75, 3.05) is 18.1 Å². The molecule has 0 radical (unpaired) electrons. The maximum absolute atomic E-state index is 12.4. The van der Waals surface area contributed by atoms with E-state index < -0.39 is 29.2 Å². The van der Waals surface area contributed by atoms with E-state index in [9.17, 15) is 24.5 Å². The molecule has 1 aliphatic rings. The Balaban J connectivity index is 1.62. The van der Waals surface area contributed by atoms with Gasteiger partial charge in [0.1, 0.15) is 0 Å². The molecule has 150 valence electrons. The largest absolute Gasteiger partial charge is 0.457 e. The van der Waals surface area contributed by atoms with Crippen LogP contribution in [0.4, 0.5) is 11.4 Å². The maximum Gasteiger partial charge on any atom is 0.311 e. The molecule has 1 fully saturated rings. The average molecular weight is 417 g/mol. The minimum absolute atomic E-state index is 0.0320. The van der Waals surface area contributed by atoms with Crippen LogP contribution in [0.15, 0.2) is 42.5 Å². The Kier molecular flexibility index (Phi) is 5.93. The molecule has 3 rings (SSSR count). The van der Waals surface area contributed by atoms with Crippen molar-refractivity contribution in [1.29, 1.82) is 0 Å². The Hall–Kier alpha value is -3.26. The van der Waals surface area contributed by atoms with Crippen LogP contribution in [0.1, 0.15) is 22.3 Å². The molecule has 2 aromatic rings. The van der Waals surface area contributed by atoms with Crippen molar-refractivity contribution in [3.05, 3.63) is 68.7 Å². The lowest BCUT2D eigenvalue weighted by molar-refractivity contribution is -0.384. The summed E-state index contributed by atoms with van der Waals surface area (Å²) in [4.78, 5) is 48.6. The first-order chi connectivity index (χ1) is 13.8. The monoisotopic (exact) mass is 416 g/mol. The number of benzene rings is 2. The molecule has 1 heterocycles. The van der Waals surface area contributed by atoms with E-state index in [1.54, 1.807) is 25.1 Å². The molecule has 2 aromatic carbocycles. The zero-order valence-electron chi connectivity index (χ0n) is 15.5. The minimum atomic E-state index is -0.709. The van der Waals surface area contributed by atoms with E-state index in [2.05, 4.69) is 0 Å². The van der Waals surface area contributed by atoms with Crippen LogP contribution >= 0.6 is 11.6 Å². The number of nitro benzene ring substituents is 1. The number of nitro groups is 1. The molecule has 0 aliphatic carbocycles. The lowest BCUT2D eigenvalue weighted by atomic mass is 10.1. The smallest absolute Gasteiger partial charge is 0.311 e. The van der Waals surface area contributed by atoms with E-state index in [-0.39, 0.29) is 30.1 Å². The second kappa shape index (κ2) is 8.40. The highest BCUT2D eigenvalue weighted by atomic mass is 35.5. The number of halogens is 1. The second-order valence-electron chi connectivity index (χ2n) is 6.63. The number of esters is 1. The van der Waals surface area contributed by atoms with Gasteiger partial charge < -0.3 is 9.64 Å². The van der Waals surface area contributed by atoms with Crippen LogP contribution in [-0.4, -0.2) is 35.7 Å². The van der Waals surface area contributed by atoms with Gasteiger partial charge in [-0.15, -0.1) is 0 Å². The number of Topliss-reactive ketones (excluding diaryl/α,β-unsaturated/α-hetero) is 1. The molecule has 1 aliphatic heterocycles. The summed E-state index contributed by atoms with van der Waals surface area (Å²) in [6.07, 6.45) is -0.0320. The summed E-state index contributed by atoms with van der Waals surface area (Å²) in [7, 11) is 0. The molecule has 1 amide bonds. The highest BCUT2D eigenvalue weighted by Crippen LogP contribution is 2.31. The van der Waals surface area contributed by atoms with Crippen molar-refractivity contribution >= 4 is 40.6 Å². The van der Waals surface area contributed by atoms with Crippen molar-refractivity contribution in [3.63, 3.8) is 0 Å². The average Bonchev–Trinajstić information content (AvgIpc) is 3.09. The van der Waals surface area contributed by atoms with Gasteiger partial charge in [0, 0.05) is 41.4 Å². The number of rotatable bonds is 6. The van der Waals surface area contributed by atoms with E-state index in [1.807, 2.05) is 0 Å². The van der Waals surface area contributed by atoms with Crippen molar-refractivity contribution in [2.24, 2.45) is 5.92 Å². The van der Waals surface area contributed by atoms with Crippen LogP contribution in [0, 0.1) is 23.0 Å². The molecule has 0 aromatic heterocycles. The summed E-state index contributed by atoms with van der Waals surface area (Å²) in [5.74, 6) is -2.17. The van der Waals surface area contributed by atoms with E-state index in [1.165, 1.54) is 23.1 Å². The highest BCUT2D eigenvalue weighted by Gasteiger charge is 2.37. The van der Waals surface area contributed by atoms with Gasteiger partial charge in [0.2, 0.25) is 11.7 Å². The molecule has 0 saturated carbocycles. The fraction of sp³-hybridized carbons (Fsp3) is 0.250. The van der Waals surface area contributed by atoms with Crippen LogP contribution in [0.25, 0.3) is 0 Å². The quantitative estimate of drug-likeness (QED) is 0.309. The maximum atomic E-state index is 12.4. The highest BCUT2D eigenvalue weighted by molar-refractivity contribution is 6.31. The van der Waals surface area contributed by atoms with E-state index in [0.717, 1.165) is 11.6 Å². The third-order valence-electron chi connectivity index (χ3n) is 4.71. The number of non-ortho nitro benzene ring substituents is 1. The van der Waals surface area contributed by atoms with Gasteiger partial charge in [-0.2, -0.15) is 0 Å². The first-order valence-corrected chi connectivity index (χ1v) is 9.15. The molecular weight excluding hydrogens is 400 g/mol. The number of ketones is 1. The fourth-order valence-electron chi connectivity index (χ4n) is 3.12. The molecule has 1 atom stereocenters. The minimum Gasteiger partial charge on any atom is -0.457 e. The Bertz CT molecular complexity index is 1010. The van der Waals surface area contributed by atoms with Gasteiger partial charge in [0.05, 0.1) is 10.8 Å². The zero-order chi connectivity index (χ0) is 21.1. The number of carbonyl (C=O) groups excluding carboxylic acids is 3. The topological polar surface area (TPSA) is 107 Å². The number of hydrogen-bond acceptors (Lipinski definition) is 6. The first-order valence-electron chi connectivity index (χ1n) is 8.77. The van der Waals surface area contributed by atoms with E-state index in [0.29, 0.717) is 10.7 Å². The SMILES string of the molecule is Cc1c(Cl)cccc1N1C[C@H](C(=O)OCC(=O)c2cccc([N+](=O)[O-])c2)CC1=O. The molecule has 0 N–H and O–H groups in total. The molecule has 0 unspecified atom stereocenters. The zero-order valence-corrected chi connectivity index (χ0v) is 16.2. The van der Waals surface area contributed by atoms with E-state index >= 15 is 0 Å². The molecule has 8 nitrogen and oxygen atoms in total. The summed E-state index contributed by atoms with van der Waals surface area (Å²) in [5, 5.41) is 11.3. The number of ether oxygens (including phenoxy) is 1. The number of carbonyl (C=O) groups is 3. The third-order valence-corrected chi connectivity index (χ3v) is 5.12. The van der Waals surface area contributed by atoms with Gasteiger partial charge in [-0.05, 0) is 24.6 Å². The van der Waals surface area contributed by atoms with Crippen LogP contribution < -0.4 is 4.90 Å². The van der Waals surface area contributed by atoms with Gasteiger partial charge in [-0.1, -0.05) is 29.8 Å². The van der Waals surface area contributed by atoms with Gasteiger partial charge in [-0.3, -0.25) is 24.5 Å². The Morgan fingerprint density at radius 2 is 2.00 bits per heavy atom. The number of amides is 1. The summed E-state index contributed by atoms with van der Waals surface area (Å²) >= 11 is 6.10. The number of nitrogens with zero attached hydrogens (tertiary/aromatic N) is 2. The van der Waals surface area contributed by atoms with Gasteiger partial charge in [0.25, 0.3) is 5.69 Å². The lowest BCUT2D eigenvalue weighted by Gasteiger charge is -2.19. The molecule has 1 saturated heterocycles. The molecular formula is C20H17ClN2O6. The first kappa shape index (κ1) is 20.5.